The summed E-state index contributed by atoms with van der Waals surface area (Å²) in [5.41, 5.74) is 2.28. The fraction of sp³-hybridized carbons (Fsp3) is 0.308. The summed E-state index contributed by atoms with van der Waals surface area (Å²) in [6.45, 7) is 2.21. The molecule has 0 N–H and O–H groups in total. The molecule has 2 aliphatic heterocycles. The van der Waals surface area contributed by atoms with Gasteiger partial charge in [0.15, 0.2) is 0 Å². The maximum Gasteiger partial charge on any atom is 0.316 e. The second-order valence-electron chi connectivity index (χ2n) is 9.01. The molecule has 0 bridgehead atoms. The van der Waals surface area contributed by atoms with E-state index in [1.54, 1.807) is 53.4 Å². The Labute approximate surface area is 201 Å². The summed E-state index contributed by atoms with van der Waals surface area (Å²) in [6, 6.07) is 13.2. The highest BCUT2D eigenvalue weighted by Gasteiger charge is 2.48. The number of rotatable bonds is 4. The average Bonchev–Trinajstić information content (AvgIpc) is 3.32. The Morgan fingerprint density at radius 1 is 0.912 bits per heavy atom. The number of esters is 1. The molecule has 3 aliphatic rings. The van der Waals surface area contributed by atoms with Crippen LogP contribution in [-0.2, 0) is 19.2 Å². The van der Waals surface area contributed by atoms with Crippen LogP contribution in [0.3, 0.4) is 0 Å². The number of benzene rings is 2. The summed E-state index contributed by atoms with van der Waals surface area (Å²) >= 11 is 5.91. The van der Waals surface area contributed by atoms with Crippen LogP contribution in [0.1, 0.15) is 26.2 Å². The minimum Gasteiger partial charge on any atom is -0.426 e. The van der Waals surface area contributed by atoms with Gasteiger partial charge in [0.25, 0.3) is 0 Å². The Hall–Kier alpha value is -3.45. The summed E-state index contributed by atoms with van der Waals surface area (Å²) in [6.07, 6.45) is 3.28. The van der Waals surface area contributed by atoms with E-state index in [-0.39, 0.29) is 42.5 Å². The molecular formula is C26H23ClN2O5. The number of carbonyl (C=O) groups excluding carboxylic acids is 4. The highest BCUT2D eigenvalue weighted by molar-refractivity contribution is 6.30. The molecule has 0 radical (unpaired) electrons. The zero-order valence-electron chi connectivity index (χ0n) is 18.6. The Balaban J connectivity index is 1.24. The standard InChI is InChI=1S/C26H23ClN2O5/c1-15-2-11-21-22(12-15)25(32)29(24(21)31)19-7-9-20(10-8-19)34-26(33)16-13-23(30)28(14-16)18-5-3-17(27)4-6-18/h2-10,16,21-22H,11-14H2,1H3/t16-,21-,22-/m0/s1. The van der Waals surface area contributed by atoms with Crippen molar-refractivity contribution in [1.82, 2.24) is 0 Å². The van der Waals surface area contributed by atoms with E-state index in [2.05, 4.69) is 0 Å². The van der Waals surface area contributed by atoms with Gasteiger partial charge in [0.05, 0.1) is 23.4 Å². The first-order valence-electron chi connectivity index (χ1n) is 11.2. The molecule has 8 heteroatoms. The number of amides is 3. The van der Waals surface area contributed by atoms with Gasteiger partial charge in [0.2, 0.25) is 17.7 Å². The Bertz CT molecular complexity index is 1200. The number of hydrogen-bond donors (Lipinski definition) is 0. The van der Waals surface area contributed by atoms with Gasteiger partial charge in [-0.15, -0.1) is 0 Å². The number of carbonyl (C=O) groups is 4. The van der Waals surface area contributed by atoms with Crippen molar-refractivity contribution in [2.24, 2.45) is 17.8 Å². The second kappa shape index (κ2) is 8.72. The van der Waals surface area contributed by atoms with Gasteiger partial charge in [-0.2, -0.15) is 0 Å². The van der Waals surface area contributed by atoms with Crippen molar-refractivity contribution in [2.45, 2.75) is 26.2 Å². The third kappa shape index (κ3) is 4.01. The largest absolute Gasteiger partial charge is 0.426 e. The summed E-state index contributed by atoms with van der Waals surface area (Å²) in [4.78, 5) is 53.6. The van der Waals surface area contributed by atoms with Crippen molar-refractivity contribution in [3.63, 3.8) is 0 Å². The molecule has 3 atom stereocenters. The summed E-state index contributed by atoms with van der Waals surface area (Å²) in [5, 5.41) is 0.567. The minimum absolute atomic E-state index is 0.0621. The lowest BCUT2D eigenvalue weighted by molar-refractivity contribution is -0.139. The van der Waals surface area contributed by atoms with Crippen LogP contribution in [0.2, 0.25) is 5.02 Å². The molecule has 34 heavy (non-hydrogen) atoms. The van der Waals surface area contributed by atoms with Crippen LogP contribution in [-0.4, -0.2) is 30.2 Å². The predicted molar refractivity (Wildman–Crippen MR) is 126 cm³/mol. The van der Waals surface area contributed by atoms with Gasteiger partial charge >= 0.3 is 5.97 Å². The first kappa shape index (κ1) is 22.3. The lowest BCUT2D eigenvalue weighted by Gasteiger charge is -2.18. The molecule has 0 aromatic heterocycles. The van der Waals surface area contributed by atoms with Crippen molar-refractivity contribution in [2.75, 3.05) is 16.3 Å². The number of halogens is 1. The molecule has 2 aromatic rings. The van der Waals surface area contributed by atoms with E-state index in [1.165, 1.54) is 4.90 Å². The zero-order valence-corrected chi connectivity index (χ0v) is 19.3. The van der Waals surface area contributed by atoms with E-state index in [1.807, 2.05) is 13.0 Å². The topological polar surface area (TPSA) is 84.0 Å². The number of fused-ring (bicyclic) bond motifs is 1. The molecule has 2 aromatic carbocycles. The summed E-state index contributed by atoms with van der Waals surface area (Å²) in [5.74, 6) is -1.94. The molecule has 0 saturated carbocycles. The lowest BCUT2D eigenvalue weighted by atomic mass is 9.82. The van der Waals surface area contributed by atoms with Gasteiger partial charge in [-0.3, -0.25) is 24.1 Å². The maximum atomic E-state index is 12.9. The van der Waals surface area contributed by atoms with E-state index in [9.17, 15) is 19.2 Å². The Morgan fingerprint density at radius 2 is 1.56 bits per heavy atom. The van der Waals surface area contributed by atoms with Crippen molar-refractivity contribution < 1.29 is 23.9 Å². The number of ether oxygens (including phenoxy) is 1. The molecule has 174 valence electrons. The Morgan fingerprint density at radius 3 is 2.26 bits per heavy atom. The highest BCUT2D eigenvalue weighted by Crippen LogP contribution is 2.40. The number of anilines is 2. The number of nitrogens with zero attached hydrogens (tertiary/aromatic N) is 2. The first-order valence-corrected chi connectivity index (χ1v) is 11.6. The van der Waals surface area contributed by atoms with Gasteiger partial charge < -0.3 is 9.64 Å². The van der Waals surface area contributed by atoms with Crippen molar-refractivity contribution in [3.8, 4) is 5.75 Å². The number of allylic oxidation sites excluding steroid dienone is 2. The van der Waals surface area contributed by atoms with E-state index in [4.69, 9.17) is 16.3 Å². The predicted octanol–water partition coefficient (Wildman–Crippen LogP) is 4.14. The molecule has 5 rings (SSSR count). The van der Waals surface area contributed by atoms with Gasteiger partial charge in [0, 0.05) is 23.7 Å². The van der Waals surface area contributed by atoms with Crippen LogP contribution in [0.25, 0.3) is 0 Å². The molecule has 2 saturated heterocycles. The van der Waals surface area contributed by atoms with E-state index >= 15 is 0 Å². The molecule has 3 amide bonds. The molecule has 0 spiro atoms. The molecule has 7 nitrogen and oxygen atoms in total. The van der Waals surface area contributed by atoms with E-state index in [0.29, 0.717) is 35.0 Å². The second-order valence-corrected chi connectivity index (χ2v) is 9.45. The monoisotopic (exact) mass is 478 g/mol. The maximum absolute atomic E-state index is 12.9. The van der Waals surface area contributed by atoms with Crippen LogP contribution in [0.15, 0.2) is 60.2 Å². The zero-order chi connectivity index (χ0) is 24.0. The quantitative estimate of drug-likeness (QED) is 0.285. The molecule has 2 heterocycles. The van der Waals surface area contributed by atoms with E-state index in [0.717, 1.165) is 5.57 Å². The van der Waals surface area contributed by atoms with Gasteiger partial charge in [-0.05, 0) is 68.3 Å². The fourth-order valence-corrected chi connectivity index (χ4v) is 5.02. The first-order chi connectivity index (χ1) is 16.3. The van der Waals surface area contributed by atoms with Gasteiger partial charge in [0.1, 0.15) is 5.75 Å². The fourth-order valence-electron chi connectivity index (χ4n) is 4.89. The lowest BCUT2D eigenvalue weighted by Crippen LogP contribution is -2.30. The molecule has 0 unspecified atom stereocenters. The highest BCUT2D eigenvalue weighted by atomic mass is 35.5. The van der Waals surface area contributed by atoms with Gasteiger partial charge in [-0.25, -0.2) is 0 Å². The minimum atomic E-state index is -0.594. The van der Waals surface area contributed by atoms with Crippen LogP contribution in [0, 0.1) is 17.8 Å². The van der Waals surface area contributed by atoms with Crippen molar-refractivity contribution in [3.05, 3.63) is 65.2 Å². The van der Waals surface area contributed by atoms with Crippen LogP contribution in [0.5, 0.6) is 5.75 Å². The van der Waals surface area contributed by atoms with Crippen molar-refractivity contribution >= 4 is 46.7 Å². The number of imide groups is 1. The van der Waals surface area contributed by atoms with Crippen LogP contribution < -0.4 is 14.5 Å². The third-order valence-electron chi connectivity index (χ3n) is 6.73. The van der Waals surface area contributed by atoms with Crippen LogP contribution in [0.4, 0.5) is 11.4 Å². The van der Waals surface area contributed by atoms with E-state index < -0.39 is 11.9 Å². The third-order valence-corrected chi connectivity index (χ3v) is 6.99. The van der Waals surface area contributed by atoms with Gasteiger partial charge in [-0.1, -0.05) is 23.3 Å². The SMILES string of the molecule is CC1=CC[C@@H]2C(=O)N(c3ccc(OC(=O)[C@H]4CC(=O)N(c5ccc(Cl)cc5)C4)cc3)C(=O)[C@H]2C1. The summed E-state index contributed by atoms with van der Waals surface area (Å²) < 4.78 is 5.49. The average molecular weight is 479 g/mol. The normalized spacial score (nSPS) is 24.4. The number of hydrogen-bond acceptors (Lipinski definition) is 5. The van der Waals surface area contributed by atoms with Crippen molar-refractivity contribution in [1.29, 1.82) is 0 Å². The van der Waals surface area contributed by atoms with Crippen LogP contribution >= 0.6 is 11.6 Å². The Kier molecular flexibility index (Phi) is 5.73. The smallest absolute Gasteiger partial charge is 0.316 e. The molecule has 2 fully saturated rings. The molecule has 1 aliphatic carbocycles. The molecular weight excluding hydrogens is 456 g/mol. The summed E-state index contributed by atoms with van der Waals surface area (Å²) in [7, 11) is 0.